The lowest BCUT2D eigenvalue weighted by Gasteiger charge is -2.11. The summed E-state index contributed by atoms with van der Waals surface area (Å²) in [6.07, 6.45) is 0. The summed E-state index contributed by atoms with van der Waals surface area (Å²) in [6.45, 7) is 0. The minimum absolute atomic E-state index is 1.16. The number of hydrogen-bond acceptors (Lipinski definition) is 0. The summed E-state index contributed by atoms with van der Waals surface area (Å²) in [7, 11) is 0. The SMILES string of the molecule is c1ccc(-c2ccc(-c3ccc(-n4c5ccccc5c5cc(-c6ccc7c(c6)c6ccccc6n7-c6ccccc6)ccc54)cc3)cc2)cc1. The third-order valence-electron chi connectivity index (χ3n) is 10.1. The Balaban J connectivity index is 1.05. The molecule has 2 aromatic heterocycles. The molecule has 0 fully saturated rings. The average Bonchev–Trinajstić information content (AvgIpc) is 3.71. The maximum Gasteiger partial charge on any atom is 0.0541 e. The van der Waals surface area contributed by atoms with E-state index in [1.807, 2.05) is 0 Å². The van der Waals surface area contributed by atoms with Crippen molar-refractivity contribution in [2.45, 2.75) is 0 Å². The summed E-state index contributed by atoms with van der Waals surface area (Å²) >= 11 is 0. The molecule has 0 saturated carbocycles. The molecule has 0 bridgehead atoms. The molecule has 0 saturated heterocycles. The van der Waals surface area contributed by atoms with Crippen LogP contribution in [0, 0.1) is 0 Å². The smallest absolute Gasteiger partial charge is 0.0541 e. The van der Waals surface area contributed by atoms with Crippen LogP contribution in [-0.4, -0.2) is 9.13 Å². The molecule has 0 aliphatic carbocycles. The Hall–Kier alpha value is -6.64. The van der Waals surface area contributed by atoms with E-state index < -0.39 is 0 Å². The molecular formula is C48H32N2. The summed E-state index contributed by atoms with van der Waals surface area (Å²) in [5.74, 6) is 0. The predicted molar refractivity (Wildman–Crippen MR) is 211 cm³/mol. The fraction of sp³-hybridized carbons (Fsp3) is 0. The molecule has 234 valence electrons. The number of para-hydroxylation sites is 3. The summed E-state index contributed by atoms with van der Waals surface area (Å²) in [4.78, 5) is 0. The zero-order valence-corrected chi connectivity index (χ0v) is 27.4. The molecule has 0 spiro atoms. The monoisotopic (exact) mass is 636 g/mol. The highest BCUT2D eigenvalue weighted by molar-refractivity contribution is 6.12. The van der Waals surface area contributed by atoms with Crippen molar-refractivity contribution in [3.63, 3.8) is 0 Å². The molecule has 50 heavy (non-hydrogen) atoms. The molecule has 0 unspecified atom stereocenters. The van der Waals surface area contributed by atoms with Crippen molar-refractivity contribution in [3.05, 3.63) is 194 Å². The van der Waals surface area contributed by atoms with Crippen molar-refractivity contribution in [2.75, 3.05) is 0 Å². The second kappa shape index (κ2) is 11.5. The number of fused-ring (bicyclic) bond motifs is 6. The van der Waals surface area contributed by atoms with Gasteiger partial charge in [0, 0.05) is 32.9 Å². The van der Waals surface area contributed by atoms with Crippen LogP contribution < -0.4 is 0 Å². The molecule has 8 aromatic carbocycles. The first-order valence-electron chi connectivity index (χ1n) is 17.2. The highest BCUT2D eigenvalue weighted by Crippen LogP contribution is 2.38. The summed E-state index contributed by atoms with van der Waals surface area (Å²) in [6, 6.07) is 70.4. The molecule has 2 heteroatoms. The molecule has 2 heterocycles. The largest absolute Gasteiger partial charge is 0.309 e. The fourth-order valence-corrected chi connectivity index (χ4v) is 7.73. The van der Waals surface area contributed by atoms with Crippen LogP contribution in [0.1, 0.15) is 0 Å². The van der Waals surface area contributed by atoms with Gasteiger partial charge in [-0.05, 0) is 94.0 Å². The van der Waals surface area contributed by atoms with Gasteiger partial charge in [0.05, 0.1) is 22.1 Å². The Morgan fingerprint density at radius 2 is 0.560 bits per heavy atom. The van der Waals surface area contributed by atoms with Crippen LogP contribution in [-0.2, 0) is 0 Å². The van der Waals surface area contributed by atoms with Gasteiger partial charge in [-0.2, -0.15) is 0 Å². The van der Waals surface area contributed by atoms with E-state index in [9.17, 15) is 0 Å². The van der Waals surface area contributed by atoms with Crippen molar-refractivity contribution in [3.8, 4) is 44.8 Å². The highest BCUT2D eigenvalue weighted by Gasteiger charge is 2.16. The van der Waals surface area contributed by atoms with Crippen molar-refractivity contribution in [1.29, 1.82) is 0 Å². The van der Waals surface area contributed by atoms with Gasteiger partial charge in [0.1, 0.15) is 0 Å². The van der Waals surface area contributed by atoms with Gasteiger partial charge < -0.3 is 9.13 Å². The van der Waals surface area contributed by atoms with Crippen LogP contribution in [0.15, 0.2) is 194 Å². The maximum atomic E-state index is 2.40. The zero-order chi connectivity index (χ0) is 33.0. The van der Waals surface area contributed by atoms with E-state index in [0.717, 1.165) is 5.69 Å². The van der Waals surface area contributed by atoms with Gasteiger partial charge in [-0.15, -0.1) is 0 Å². The normalized spacial score (nSPS) is 11.6. The van der Waals surface area contributed by atoms with E-state index in [0.29, 0.717) is 0 Å². The molecule has 0 amide bonds. The average molecular weight is 637 g/mol. The second-order valence-corrected chi connectivity index (χ2v) is 13.0. The number of hydrogen-bond donors (Lipinski definition) is 0. The van der Waals surface area contributed by atoms with Crippen molar-refractivity contribution in [2.24, 2.45) is 0 Å². The lowest BCUT2D eigenvalue weighted by atomic mass is 10.00. The molecule has 10 aromatic rings. The molecule has 2 nitrogen and oxygen atoms in total. The standard InChI is InChI=1S/C48H32N2/c1-3-11-33(12-4-1)34-19-21-35(22-20-34)36-23-27-40(28-24-36)50-46-18-10-8-16-42(46)44-32-38(26-30-48(44)50)37-25-29-47-43(31-37)41-15-7-9-17-45(41)49(47)39-13-5-2-6-14-39/h1-32H. The van der Waals surface area contributed by atoms with Crippen LogP contribution in [0.25, 0.3) is 88.4 Å². The van der Waals surface area contributed by atoms with E-state index in [1.165, 1.54) is 82.7 Å². The van der Waals surface area contributed by atoms with Crippen LogP contribution in [0.4, 0.5) is 0 Å². The Bertz CT molecular complexity index is 2820. The van der Waals surface area contributed by atoms with Gasteiger partial charge in [-0.1, -0.05) is 133 Å². The summed E-state index contributed by atoms with van der Waals surface area (Å²) in [5.41, 5.74) is 14.5. The van der Waals surface area contributed by atoms with E-state index in [4.69, 9.17) is 0 Å². The molecular weight excluding hydrogens is 605 g/mol. The molecule has 0 aliphatic rings. The van der Waals surface area contributed by atoms with Crippen molar-refractivity contribution in [1.82, 2.24) is 9.13 Å². The lowest BCUT2D eigenvalue weighted by Crippen LogP contribution is -1.94. The number of nitrogens with zero attached hydrogens (tertiary/aromatic N) is 2. The Labute approximate surface area is 290 Å². The molecule has 0 N–H and O–H groups in total. The second-order valence-electron chi connectivity index (χ2n) is 13.0. The third-order valence-corrected chi connectivity index (χ3v) is 10.1. The Kier molecular flexibility index (Phi) is 6.53. The van der Waals surface area contributed by atoms with Gasteiger partial charge in [-0.3, -0.25) is 0 Å². The molecule has 0 atom stereocenters. The van der Waals surface area contributed by atoms with E-state index in [-0.39, 0.29) is 0 Å². The first-order chi connectivity index (χ1) is 24.8. The minimum atomic E-state index is 1.16. The quantitative estimate of drug-likeness (QED) is 0.178. The Morgan fingerprint density at radius 3 is 1.06 bits per heavy atom. The van der Waals surface area contributed by atoms with E-state index in [2.05, 4.69) is 203 Å². The zero-order valence-electron chi connectivity index (χ0n) is 27.4. The van der Waals surface area contributed by atoms with Crippen molar-refractivity contribution < 1.29 is 0 Å². The molecule has 10 rings (SSSR count). The third kappa shape index (κ3) is 4.57. The summed E-state index contributed by atoms with van der Waals surface area (Å²) in [5, 5.41) is 5.04. The van der Waals surface area contributed by atoms with Gasteiger partial charge in [0.2, 0.25) is 0 Å². The lowest BCUT2D eigenvalue weighted by molar-refractivity contribution is 1.18. The number of rotatable bonds is 5. The van der Waals surface area contributed by atoms with Gasteiger partial charge >= 0.3 is 0 Å². The maximum absolute atomic E-state index is 2.40. The first kappa shape index (κ1) is 28.4. The topological polar surface area (TPSA) is 9.86 Å². The van der Waals surface area contributed by atoms with Crippen LogP contribution >= 0.6 is 0 Å². The van der Waals surface area contributed by atoms with E-state index >= 15 is 0 Å². The fourth-order valence-electron chi connectivity index (χ4n) is 7.73. The van der Waals surface area contributed by atoms with E-state index in [1.54, 1.807) is 0 Å². The van der Waals surface area contributed by atoms with Crippen LogP contribution in [0.2, 0.25) is 0 Å². The highest BCUT2D eigenvalue weighted by atomic mass is 15.0. The number of benzene rings is 8. The predicted octanol–water partition coefficient (Wildman–Crippen LogP) is 12.9. The van der Waals surface area contributed by atoms with Crippen LogP contribution in [0.3, 0.4) is 0 Å². The molecule has 0 aliphatic heterocycles. The van der Waals surface area contributed by atoms with Gasteiger partial charge in [-0.25, -0.2) is 0 Å². The molecule has 0 radical (unpaired) electrons. The Morgan fingerprint density at radius 1 is 0.220 bits per heavy atom. The van der Waals surface area contributed by atoms with Gasteiger partial charge in [0.25, 0.3) is 0 Å². The number of aromatic nitrogens is 2. The minimum Gasteiger partial charge on any atom is -0.309 e. The summed E-state index contributed by atoms with van der Waals surface area (Å²) < 4.78 is 4.77. The first-order valence-corrected chi connectivity index (χ1v) is 17.2. The van der Waals surface area contributed by atoms with Gasteiger partial charge in [0.15, 0.2) is 0 Å². The van der Waals surface area contributed by atoms with Crippen LogP contribution in [0.5, 0.6) is 0 Å². The van der Waals surface area contributed by atoms with Crippen molar-refractivity contribution >= 4 is 43.6 Å².